The number of anilines is 1. The van der Waals surface area contributed by atoms with Crippen molar-refractivity contribution in [1.82, 2.24) is 9.78 Å². The van der Waals surface area contributed by atoms with E-state index >= 15 is 0 Å². The van der Waals surface area contributed by atoms with Crippen molar-refractivity contribution in [2.24, 2.45) is 0 Å². The molecule has 6 nitrogen and oxygen atoms in total. The lowest BCUT2D eigenvalue weighted by molar-refractivity contribution is 0.102. The molecule has 1 aromatic carbocycles. The van der Waals surface area contributed by atoms with Crippen molar-refractivity contribution in [2.45, 2.75) is 19.9 Å². The van der Waals surface area contributed by atoms with E-state index in [0.29, 0.717) is 35.0 Å². The average molecular weight is 289 g/mol. The van der Waals surface area contributed by atoms with E-state index in [4.69, 9.17) is 15.2 Å². The molecular weight excluding hydrogens is 270 g/mol. The van der Waals surface area contributed by atoms with Crippen molar-refractivity contribution in [3.8, 4) is 11.5 Å². The highest BCUT2D eigenvalue weighted by Gasteiger charge is 2.22. The van der Waals surface area contributed by atoms with Gasteiger partial charge in [-0.25, -0.2) is 0 Å². The highest BCUT2D eigenvalue weighted by atomic mass is 16.5. The number of aryl methyl sites for hydroxylation is 1. The molecule has 0 radical (unpaired) electrons. The molecule has 0 fully saturated rings. The fourth-order valence-electron chi connectivity index (χ4n) is 2.11. The number of ether oxygens (including phenoxy) is 2. The average Bonchev–Trinajstić information content (AvgIpc) is 2.90. The molecule has 0 bridgehead atoms. The van der Waals surface area contributed by atoms with E-state index in [9.17, 15) is 4.79 Å². The molecule has 2 rings (SSSR count). The Hall–Kier alpha value is -2.50. The Balaban J connectivity index is 2.51. The number of benzene rings is 1. The van der Waals surface area contributed by atoms with Gasteiger partial charge < -0.3 is 15.2 Å². The summed E-state index contributed by atoms with van der Waals surface area (Å²) in [7, 11) is 3.06. The molecule has 21 heavy (non-hydrogen) atoms. The van der Waals surface area contributed by atoms with Gasteiger partial charge in [0.05, 0.1) is 26.0 Å². The molecule has 0 saturated carbocycles. The molecule has 0 aliphatic carbocycles. The number of nitrogens with zero attached hydrogens (tertiary/aromatic N) is 2. The van der Waals surface area contributed by atoms with Crippen molar-refractivity contribution < 1.29 is 14.3 Å². The fraction of sp³-hybridized carbons (Fsp3) is 0.333. The van der Waals surface area contributed by atoms with Gasteiger partial charge >= 0.3 is 0 Å². The van der Waals surface area contributed by atoms with Crippen molar-refractivity contribution in [2.75, 3.05) is 20.0 Å². The molecule has 1 aromatic heterocycles. The maximum absolute atomic E-state index is 12.8. The van der Waals surface area contributed by atoms with Gasteiger partial charge in [0.25, 0.3) is 0 Å². The van der Waals surface area contributed by atoms with E-state index in [1.807, 2.05) is 6.92 Å². The highest BCUT2D eigenvalue weighted by molar-refractivity contribution is 6.12. The van der Waals surface area contributed by atoms with E-state index in [0.717, 1.165) is 6.42 Å². The number of methoxy groups -OCH3 is 2. The van der Waals surface area contributed by atoms with Gasteiger partial charge in [-0.05, 0) is 24.6 Å². The minimum atomic E-state index is -0.228. The van der Waals surface area contributed by atoms with Crippen LogP contribution in [0.4, 0.5) is 5.69 Å². The number of rotatable bonds is 6. The normalized spacial score (nSPS) is 10.4. The number of ketones is 1. The molecule has 1 heterocycles. The Morgan fingerprint density at radius 3 is 2.71 bits per heavy atom. The minimum Gasteiger partial charge on any atom is -0.497 e. The van der Waals surface area contributed by atoms with Gasteiger partial charge in [-0.1, -0.05) is 6.92 Å². The number of aromatic nitrogens is 2. The SMILES string of the molecule is CCCn1ncc(OC)c1C(=O)c1cc(OC)ccc1N. The number of carbonyl (C=O) groups excluding carboxylic acids is 1. The third-order valence-electron chi connectivity index (χ3n) is 3.18. The first-order valence-corrected chi connectivity index (χ1v) is 6.70. The summed E-state index contributed by atoms with van der Waals surface area (Å²) in [6.07, 6.45) is 2.40. The van der Waals surface area contributed by atoms with E-state index in [-0.39, 0.29) is 5.78 Å². The summed E-state index contributed by atoms with van der Waals surface area (Å²) in [4.78, 5) is 12.8. The zero-order valence-electron chi connectivity index (χ0n) is 12.4. The first-order valence-electron chi connectivity index (χ1n) is 6.70. The Morgan fingerprint density at radius 1 is 1.33 bits per heavy atom. The fourth-order valence-corrected chi connectivity index (χ4v) is 2.11. The van der Waals surface area contributed by atoms with Gasteiger partial charge in [0.15, 0.2) is 11.4 Å². The van der Waals surface area contributed by atoms with Crippen molar-refractivity contribution in [1.29, 1.82) is 0 Å². The molecule has 0 amide bonds. The number of hydrogen-bond donors (Lipinski definition) is 1. The maximum atomic E-state index is 12.8. The molecule has 2 aromatic rings. The summed E-state index contributed by atoms with van der Waals surface area (Å²) in [6.45, 7) is 2.65. The Kier molecular flexibility index (Phi) is 4.47. The number of hydrogen-bond acceptors (Lipinski definition) is 5. The topological polar surface area (TPSA) is 79.4 Å². The van der Waals surface area contributed by atoms with Crippen LogP contribution < -0.4 is 15.2 Å². The lowest BCUT2D eigenvalue weighted by atomic mass is 10.1. The molecule has 0 atom stereocenters. The first kappa shape index (κ1) is 14.9. The molecule has 0 spiro atoms. The third-order valence-corrected chi connectivity index (χ3v) is 3.18. The lowest BCUT2D eigenvalue weighted by Crippen LogP contribution is -2.14. The maximum Gasteiger partial charge on any atom is 0.217 e. The van der Waals surface area contributed by atoms with E-state index in [2.05, 4.69) is 5.10 Å². The van der Waals surface area contributed by atoms with Crippen LogP contribution in [0.1, 0.15) is 29.4 Å². The predicted molar refractivity (Wildman–Crippen MR) is 79.9 cm³/mol. The second-order valence-corrected chi connectivity index (χ2v) is 4.57. The van der Waals surface area contributed by atoms with Crippen LogP contribution in [0.15, 0.2) is 24.4 Å². The van der Waals surface area contributed by atoms with Crippen LogP contribution in [0.25, 0.3) is 0 Å². The van der Waals surface area contributed by atoms with E-state index in [1.165, 1.54) is 7.11 Å². The first-order chi connectivity index (χ1) is 10.1. The molecule has 0 saturated heterocycles. The quantitative estimate of drug-likeness (QED) is 0.651. The molecule has 0 aliphatic heterocycles. The van der Waals surface area contributed by atoms with Crippen LogP contribution in [0, 0.1) is 0 Å². The Morgan fingerprint density at radius 2 is 2.10 bits per heavy atom. The summed E-state index contributed by atoms with van der Waals surface area (Å²) in [6, 6.07) is 4.99. The van der Waals surface area contributed by atoms with E-state index in [1.54, 1.807) is 36.2 Å². The molecule has 0 unspecified atom stereocenters. The number of carbonyl (C=O) groups is 1. The Bertz CT molecular complexity index is 650. The number of nitrogens with two attached hydrogens (primary N) is 1. The molecule has 6 heteroatoms. The zero-order valence-corrected chi connectivity index (χ0v) is 12.4. The third kappa shape index (κ3) is 2.84. The Labute approximate surface area is 123 Å². The van der Waals surface area contributed by atoms with Crippen LogP contribution >= 0.6 is 0 Å². The van der Waals surface area contributed by atoms with Gasteiger partial charge in [-0.2, -0.15) is 5.10 Å². The largest absolute Gasteiger partial charge is 0.497 e. The zero-order chi connectivity index (χ0) is 15.4. The van der Waals surface area contributed by atoms with Gasteiger partial charge in [0.1, 0.15) is 5.75 Å². The van der Waals surface area contributed by atoms with Crippen LogP contribution in [0.2, 0.25) is 0 Å². The smallest absolute Gasteiger partial charge is 0.217 e. The standard InChI is InChI=1S/C15H19N3O3/c1-4-7-18-14(13(21-3)9-17-18)15(19)11-8-10(20-2)5-6-12(11)16/h5-6,8-9H,4,7,16H2,1-3H3. The van der Waals surface area contributed by atoms with Crippen molar-refractivity contribution >= 4 is 11.5 Å². The molecule has 2 N–H and O–H groups in total. The molecule has 0 aliphatic rings. The van der Waals surface area contributed by atoms with E-state index < -0.39 is 0 Å². The molecular formula is C15H19N3O3. The second kappa shape index (κ2) is 6.30. The van der Waals surface area contributed by atoms with Crippen LogP contribution in [0.3, 0.4) is 0 Å². The molecule has 112 valence electrons. The van der Waals surface area contributed by atoms with Crippen molar-refractivity contribution in [3.05, 3.63) is 35.7 Å². The minimum absolute atomic E-state index is 0.228. The summed E-state index contributed by atoms with van der Waals surface area (Å²) >= 11 is 0. The summed E-state index contributed by atoms with van der Waals surface area (Å²) in [5.74, 6) is 0.790. The van der Waals surface area contributed by atoms with Crippen LogP contribution in [-0.2, 0) is 6.54 Å². The summed E-state index contributed by atoms with van der Waals surface area (Å²) in [5, 5.41) is 4.19. The van der Waals surface area contributed by atoms with Gasteiger partial charge in [0.2, 0.25) is 5.78 Å². The van der Waals surface area contributed by atoms with Gasteiger partial charge in [0, 0.05) is 12.2 Å². The predicted octanol–water partition coefficient (Wildman–Crippen LogP) is 2.12. The number of nitrogen functional groups attached to an aromatic ring is 1. The lowest BCUT2D eigenvalue weighted by Gasteiger charge is -2.10. The van der Waals surface area contributed by atoms with Crippen LogP contribution in [0.5, 0.6) is 11.5 Å². The van der Waals surface area contributed by atoms with Gasteiger partial charge in [-0.3, -0.25) is 9.48 Å². The van der Waals surface area contributed by atoms with Crippen molar-refractivity contribution in [3.63, 3.8) is 0 Å². The monoisotopic (exact) mass is 289 g/mol. The van der Waals surface area contributed by atoms with Gasteiger partial charge in [-0.15, -0.1) is 0 Å². The summed E-state index contributed by atoms with van der Waals surface area (Å²) < 4.78 is 12.0. The highest BCUT2D eigenvalue weighted by Crippen LogP contribution is 2.26. The summed E-state index contributed by atoms with van der Waals surface area (Å²) in [5.41, 5.74) is 7.10. The second-order valence-electron chi connectivity index (χ2n) is 4.57. The van der Waals surface area contributed by atoms with Crippen LogP contribution in [-0.4, -0.2) is 29.8 Å².